The molecular formula is C18H19N3O. The van der Waals surface area contributed by atoms with Gasteiger partial charge in [0.15, 0.2) is 0 Å². The van der Waals surface area contributed by atoms with Gasteiger partial charge in [0.1, 0.15) is 5.75 Å². The maximum absolute atomic E-state index is 5.38. The number of hydrogen-bond donors (Lipinski definition) is 1. The third kappa shape index (κ3) is 3.18. The summed E-state index contributed by atoms with van der Waals surface area (Å²) in [5.41, 5.74) is 3.54. The van der Waals surface area contributed by atoms with Gasteiger partial charge in [0.05, 0.1) is 19.1 Å². The summed E-state index contributed by atoms with van der Waals surface area (Å²) in [7, 11) is 1.70. The quantitative estimate of drug-likeness (QED) is 0.758. The van der Waals surface area contributed by atoms with Crippen LogP contribution >= 0.6 is 0 Å². The molecule has 0 amide bonds. The molecule has 0 atom stereocenters. The van der Waals surface area contributed by atoms with E-state index in [1.54, 1.807) is 13.3 Å². The van der Waals surface area contributed by atoms with E-state index in [1.807, 2.05) is 41.4 Å². The molecule has 4 heteroatoms. The van der Waals surface area contributed by atoms with Crippen LogP contribution in [0.1, 0.15) is 11.1 Å². The van der Waals surface area contributed by atoms with Crippen molar-refractivity contribution >= 4 is 0 Å². The molecule has 0 bridgehead atoms. The molecule has 3 rings (SSSR count). The largest absolute Gasteiger partial charge is 0.496 e. The number of benzene rings is 2. The van der Waals surface area contributed by atoms with Crippen LogP contribution in [0.5, 0.6) is 5.75 Å². The van der Waals surface area contributed by atoms with Crippen molar-refractivity contribution in [1.82, 2.24) is 14.9 Å². The highest BCUT2D eigenvalue weighted by Crippen LogP contribution is 2.18. The highest BCUT2D eigenvalue weighted by Gasteiger charge is 2.05. The summed E-state index contributed by atoms with van der Waals surface area (Å²) in [5.74, 6) is 0.915. The van der Waals surface area contributed by atoms with Gasteiger partial charge in [-0.25, -0.2) is 4.98 Å². The van der Waals surface area contributed by atoms with Gasteiger partial charge in [-0.2, -0.15) is 0 Å². The molecule has 0 spiro atoms. The molecule has 1 N–H and O–H groups in total. The Bertz CT molecular complexity index is 723. The van der Waals surface area contributed by atoms with E-state index in [4.69, 9.17) is 4.74 Å². The van der Waals surface area contributed by atoms with Crippen molar-refractivity contribution in [3.63, 3.8) is 0 Å². The smallest absolute Gasteiger partial charge is 0.123 e. The molecular weight excluding hydrogens is 274 g/mol. The van der Waals surface area contributed by atoms with Gasteiger partial charge in [-0.15, -0.1) is 0 Å². The molecule has 0 saturated heterocycles. The number of nitrogens with one attached hydrogen (secondary N) is 1. The van der Waals surface area contributed by atoms with Crippen LogP contribution in [0, 0.1) is 0 Å². The van der Waals surface area contributed by atoms with E-state index in [-0.39, 0.29) is 0 Å². The lowest BCUT2D eigenvalue weighted by molar-refractivity contribution is 0.407. The number of imidazole rings is 1. The minimum Gasteiger partial charge on any atom is -0.496 e. The van der Waals surface area contributed by atoms with Crippen molar-refractivity contribution in [2.75, 3.05) is 7.11 Å². The van der Waals surface area contributed by atoms with Crippen molar-refractivity contribution in [1.29, 1.82) is 0 Å². The lowest BCUT2D eigenvalue weighted by atomic mass is 10.1. The molecule has 0 fully saturated rings. The number of rotatable bonds is 6. The fourth-order valence-corrected chi connectivity index (χ4v) is 2.49. The van der Waals surface area contributed by atoms with E-state index < -0.39 is 0 Å². The van der Waals surface area contributed by atoms with Crippen molar-refractivity contribution in [3.8, 4) is 11.4 Å². The number of nitrogens with zero attached hydrogens (tertiary/aromatic N) is 2. The fourth-order valence-electron chi connectivity index (χ4n) is 2.49. The van der Waals surface area contributed by atoms with E-state index in [2.05, 4.69) is 34.6 Å². The Balaban J connectivity index is 1.70. The molecule has 0 aliphatic carbocycles. The first-order chi connectivity index (χ1) is 10.9. The third-order valence-corrected chi connectivity index (χ3v) is 3.60. The molecule has 0 unspecified atom stereocenters. The SMILES string of the molecule is COc1ccccc1CNCc1ccccc1-n1ccnc1. The zero-order chi connectivity index (χ0) is 15.2. The van der Waals surface area contributed by atoms with Gasteiger partial charge in [-0.1, -0.05) is 36.4 Å². The van der Waals surface area contributed by atoms with Gasteiger partial charge in [0.2, 0.25) is 0 Å². The summed E-state index contributed by atoms with van der Waals surface area (Å²) in [6, 6.07) is 16.4. The predicted molar refractivity (Wildman–Crippen MR) is 87.1 cm³/mol. The number of methoxy groups -OCH3 is 1. The Morgan fingerprint density at radius 2 is 1.73 bits per heavy atom. The lowest BCUT2D eigenvalue weighted by Gasteiger charge is -2.12. The summed E-state index contributed by atoms with van der Waals surface area (Å²) < 4.78 is 7.41. The van der Waals surface area contributed by atoms with Crippen LogP contribution < -0.4 is 10.1 Å². The van der Waals surface area contributed by atoms with Gasteiger partial charge in [0.25, 0.3) is 0 Å². The van der Waals surface area contributed by atoms with Crippen LogP contribution in [0.2, 0.25) is 0 Å². The number of para-hydroxylation sites is 2. The van der Waals surface area contributed by atoms with E-state index in [0.717, 1.165) is 30.1 Å². The first kappa shape index (κ1) is 14.4. The summed E-state index contributed by atoms with van der Waals surface area (Å²) in [4.78, 5) is 4.12. The fraction of sp³-hybridized carbons (Fsp3) is 0.167. The molecule has 22 heavy (non-hydrogen) atoms. The molecule has 0 radical (unpaired) electrons. The highest BCUT2D eigenvalue weighted by molar-refractivity contribution is 5.41. The van der Waals surface area contributed by atoms with Crippen LogP contribution in [-0.4, -0.2) is 16.7 Å². The topological polar surface area (TPSA) is 39.1 Å². The Morgan fingerprint density at radius 3 is 2.50 bits per heavy atom. The van der Waals surface area contributed by atoms with Gasteiger partial charge in [-0.05, 0) is 17.7 Å². The van der Waals surface area contributed by atoms with E-state index in [9.17, 15) is 0 Å². The highest BCUT2D eigenvalue weighted by atomic mass is 16.5. The molecule has 1 heterocycles. The number of hydrogen-bond acceptors (Lipinski definition) is 3. The van der Waals surface area contributed by atoms with E-state index >= 15 is 0 Å². The Hall–Kier alpha value is -2.59. The van der Waals surface area contributed by atoms with Crippen LogP contribution in [0.4, 0.5) is 0 Å². The minimum absolute atomic E-state index is 0.766. The summed E-state index contributed by atoms with van der Waals surface area (Å²) >= 11 is 0. The van der Waals surface area contributed by atoms with Crippen molar-refractivity contribution < 1.29 is 4.74 Å². The molecule has 0 aliphatic rings. The monoisotopic (exact) mass is 293 g/mol. The molecule has 0 saturated carbocycles. The average Bonchev–Trinajstić information content (AvgIpc) is 3.10. The van der Waals surface area contributed by atoms with Crippen LogP contribution in [0.3, 0.4) is 0 Å². The Kier molecular flexibility index (Phi) is 4.51. The first-order valence-electron chi connectivity index (χ1n) is 7.27. The number of ether oxygens (including phenoxy) is 1. The van der Waals surface area contributed by atoms with E-state index in [0.29, 0.717) is 0 Å². The summed E-state index contributed by atoms with van der Waals surface area (Å²) in [6.45, 7) is 1.55. The molecule has 0 aliphatic heterocycles. The summed E-state index contributed by atoms with van der Waals surface area (Å²) in [6.07, 6.45) is 5.57. The van der Waals surface area contributed by atoms with Gasteiger partial charge in [0, 0.05) is 31.0 Å². The predicted octanol–water partition coefficient (Wildman–Crippen LogP) is 3.17. The zero-order valence-electron chi connectivity index (χ0n) is 12.6. The second kappa shape index (κ2) is 6.91. The maximum atomic E-state index is 5.38. The van der Waals surface area contributed by atoms with Gasteiger partial charge < -0.3 is 14.6 Å². The van der Waals surface area contributed by atoms with Crippen molar-refractivity contribution in [2.45, 2.75) is 13.1 Å². The maximum Gasteiger partial charge on any atom is 0.123 e. The normalized spacial score (nSPS) is 10.6. The van der Waals surface area contributed by atoms with E-state index in [1.165, 1.54) is 5.56 Å². The van der Waals surface area contributed by atoms with Gasteiger partial charge >= 0.3 is 0 Å². The Morgan fingerprint density at radius 1 is 1.00 bits per heavy atom. The Labute approximate surface area is 130 Å². The molecule has 1 aromatic heterocycles. The second-order valence-corrected chi connectivity index (χ2v) is 5.01. The number of aromatic nitrogens is 2. The molecule has 3 aromatic rings. The lowest BCUT2D eigenvalue weighted by Crippen LogP contribution is -2.14. The molecule has 2 aromatic carbocycles. The second-order valence-electron chi connectivity index (χ2n) is 5.01. The van der Waals surface area contributed by atoms with Crippen molar-refractivity contribution in [2.24, 2.45) is 0 Å². The van der Waals surface area contributed by atoms with Crippen LogP contribution in [-0.2, 0) is 13.1 Å². The first-order valence-corrected chi connectivity index (χ1v) is 7.27. The van der Waals surface area contributed by atoms with Crippen LogP contribution in [0.15, 0.2) is 67.3 Å². The molecule has 4 nitrogen and oxygen atoms in total. The zero-order valence-corrected chi connectivity index (χ0v) is 12.6. The van der Waals surface area contributed by atoms with Crippen molar-refractivity contribution in [3.05, 3.63) is 78.4 Å². The molecule has 112 valence electrons. The minimum atomic E-state index is 0.766. The third-order valence-electron chi connectivity index (χ3n) is 3.60. The van der Waals surface area contributed by atoms with Crippen LogP contribution in [0.25, 0.3) is 5.69 Å². The van der Waals surface area contributed by atoms with Gasteiger partial charge in [-0.3, -0.25) is 0 Å². The standard InChI is InChI=1S/C18H19N3O/c1-22-18-9-5-3-7-16(18)13-20-12-15-6-2-4-8-17(15)21-11-10-19-14-21/h2-11,14,20H,12-13H2,1H3. The summed E-state index contributed by atoms with van der Waals surface area (Å²) in [5, 5.41) is 3.48. The average molecular weight is 293 g/mol.